The van der Waals surface area contributed by atoms with Gasteiger partial charge < -0.3 is 10.2 Å². The van der Waals surface area contributed by atoms with Gasteiger partial charge in [-0.25, -0.2) is 0 Å². The van der Waals surface area contributed by atoms with Crippen LogP contribution in [-0.2, 0) is 0 Å². The topological polar surface area (TPSA) is 67.8 Å². The molecule has 19 heavy (non-hydrogen) atoms. The molecule has 0 saturated heterocycles. The lowest BCUT2D eigenvalue weighted by Gasteiger charge is -2.03. The Bertz CT molecular complexity index is 716. The van der Waals surface area contributed by atoms with E-state index in [0.717, 1.165) is 26.9 Å². The van der Waals surface area contributed by atoms with Crippen LogP contribution in [0.5, 0.6) is 0 Å². The maximum Gasteiger partial charge on any atom is 0.178 e. The maximum absolute atomic E-state index is 5.97. The molecule has 0 saturated carbocycles. The van der Waals surface area contributed by atoms with E-state index >= 15 is 0 Å². The van der Waals surface area contributed by atoms with Crippen molar-refractivity contribution in [2.24, 2.45) is 0 Å². The SMILES string of the molecule is Nc1n[nH]c(-c2ccoc2Br)c1-c1ccc(Br)cc1. The molecule has 0 atom stereocenters. The number of H-pyrrole nitrogens is 1. The monoisotopic (exact) mass is 381 g/mol. The summed E-state index contributed by atoms with van der Waals surface area (Å²) in [7, 11) is 0. The van der Waals surface area contributed by atoms with Gasteiger partial charge in [0.1, 0.15) is 0 Å². The molecule has 2 aromatic heterocycles. The number of benzene rings is 1. The number of nitrogens with one attached hydrogen (secondary N) is 1. The van der Waals surface area contributed by atoms with E-state index in [1.54, 1.807) is 6.26 Å². The third kappa shape index (κ3) is 2.21. The molecule has 0 aliphatic heterocycles. The van der Waals surface area contributed by atoms with Crippen molar-refractivity contribution in [2.75, 3.05) is 5.73 Å². The third-order valence-corrected chi connectivity index (χ3v) is 3.96. The van der Waals surface area contributed by atoms with Gasteiger partial charge in [0.15, 0.2) is 10.5 Å². The largest absolute Gasteiger partial charge is 0.457 e. The number of aromatic amines is 1. The van der Waals surface area contributed by atoms with Gasteiger partial charge in [-0.3, -0.25) is 5.10 Å². The van der Waals surface area contributed by atoms with Gasteiger partial charge in [0.25, 0.3) is 0 Å². The third-order valence-electron chi connectivity index (χ3n) is 2.81. The van der Waals surface area contributed by atoms with Gasteiger partial charge in [-0.2, -0.15) is 5.10 Å². The highest BCUT2D eigenvalue weighted by Crippen LogP contribution is 2.38. The minimum absolute atomic E-state index is 0.463. The minimum atomic E-state index is 0.463. The van der Waals surface area contributed by atoms with Crippen LogP contribution < -0.4 is 5.73 Å². The molecule has 6 heteroatoms. The molecule has 3 rings (SSSR count). The molecule has 0 spiro atoms. The summed E-state index contributed by atoms with van der Waals surface area (Å²) in [6, 6.07) is 9.77. The second kappa shape index (κ2) is 4.86. The maximum atomic E-state index is 5.97. The molecule has 4 nitrogen and oxygen atoms in total. The van der Waals surface area contributed by atoms with Gasteiger partial charge in [0.2, 0.25) is 0 Å². The molecule has 2 heterocycles. The van der Waals surface area contributed by atoms with E-state index in [4.69, 9.17) is 10.2 Å². The molecular weight excluding hydrogens is 374 g/mol. The van der Waals surface area contributed by atoms with Crippen molar-refractivity contribution in [1.29, 1.82) is 0 Å². The summed E-state index contributed by atoms with van der Waals surface area (Å²) >= 11 is 6.79. The molecule has 1 aromatic carbocycles. The average Bonchev–Trinajstić information content (AvgIpc) is 2.97. The molecule has 0 amide bonds. The lowest BCUT2D eigenvalue weighted by molar-refractivity contribution is 0.542. The van der Waals surface area contributed by atoms with Crippen LogP contribution in [0.3, 0.4) is 0 Å². The molecule has 96 valence electrons. The standard InChI is InChI=1S/C13H9Br2N3O/c14-8-3-1-7(2-4-8)10-11(17-18-13(10)16)9-5-6-19-12(9)15/h1-6H,(H3,16,17,18). The lowest BCUT2D eigenvalue weighted by atomic mass is 10.0. The van der Waals surface area contributed by atoms with Gasteiger partial charge in [0.05, 0.1) is 23.1 Å². The highest BCUT2D eigenvalue weighted by molar-refractivity contribution is 9.10. The highest BCUT2D eigenvalue weighted by atomic mass is 79.9. The summed E-state index contributed by atoms with van der Waals surface area (Å²) in [6.07, 6.45) is 1.61. The summed E-state index contributed by atoms with van der Waals surface area (Å²) in [5.74, 6) is 0.463. The lowest BCUT2D eigenvalue weighted by Crippen LogP contribution is -1.88. The fourth-order valence-electron chi connectivity index (χ4n) is 1.93. The van der Waals surface area contributed by atoms with Gasteiger partial charge >= 0.3 is 0 Å². The molecule has 3 N–H and O–H groups in total. The normalized spacial score (nSPS) is 10.8. The van der Waals surface area contributed by atoms with Gasteiger partial charge in [-0.05, 0) is 39.7 Å². The number of anilines is 1. The number of nitrogens with zero attached hydrogens (tertiary/aromatic N) is 1. The van der Waals surface area contributed by atoms with E-state index in [0.29, 0.717) is 10.5 Å². The fraction of sp³-hybridized carbons (Fsp3) is 0. The van der Waals surface area contributed by atoms with Crippen molar-refractivity contribution in [2.45, 2.75) is 0 Å². The van der Waals surface area contributed by atoms with Crippen LogP contribution in [0.4, 0.5) is 5.82 Å². The van der Waals surface area contributed by atoms with Crippen LogP contribution in [0.2, 0.25) is 0 Å². The molecule has 0 fully saturated rings. The zero-order chi connectivity index (χ0) is 13.4. The van der Waals surface area contributed by atoms with Crippen molar-refractivity contribution < 1.29 is 4.42 Å². The van der Waals surface area contributed by atoms with Crippen LogP contribution in [0.25, 0.3) is 22.4 Å². The number of nitrogens with two attached hydrogens (primary N) is 1. The van der Waals surface area contributed by atoms with Gasteiger partial charge in [-0.15, -0.1) is 0 Å². The second-order valence-electron chi connectivity index (χ2n) is 3.97. The second-order valence-corrected chi connectivity index (χ2v) is 5.61. The fourth-order valence-corrected chi connectivity index (χ4v) is 2.63. The number of hydrogen-bond acceptors (Lipinski definition) is 3. The Morgan fingerprint density at radius 1 is 1.11 bits per heavy atom. The number of rotatable bonds is 2. The molecular formula is C13H9Br2N3O. The Balaban J connectivity index is 2.19. The predicted molar refractivity (Wildman–Crippen MR) is 81.5 cm³/mol. The van der Waals surface area contributed by atoms with E-state index in [2.05, 4.69) is 42.1 Å². The van der Waals surface area contributed by atoms with Crippen LogP contribution in [0, 0.1) is 0 Å². The molecule has 0 aliphatic carbocycles. The summed E-state index contributed by atoms with van der Waals surface area (Å²) in [5, 5.41) is 7.04. The van der Waals surface area contributed by atoms with E-state index in [9.17, 15) is 0 Å². The van der Waals surface area contributed by atoms with Crippen molar-refractivity contribution in [3.63, 3.8) is 0 Å². The zero-order valence-electron chi connectivity index (χ0n) is 9.65. The van der Waals surface area contributed by atoms with E-state index in [1.165, 1.54) is 0 Å². The van der Waals surface area contributed by atoms with E-state index in [-0.39, 0.29) is 0 Å². The quantitative estimate of drug-likeness (QED) is 0.688. The van der Waals surface area contributed by atoms with Crippen LogP contribution in [-0.4, -0.2) is 10.2 Å². The van der Waals surface area contributed by atoms with Gasteiger partial charge in [-0.1, -0.05) is 28.1 Å². The van der Waals surface area contributed by atoms with Crippen molar-refractivity contribution in [3.05, 3.63) is 45.7 Å². The Morgan fingerprint density at radius 2 is 1.84 bits per heavy atom. The van der Waals surface area contributed by atoms with Crippen LogP contribution >= 0.6 is 31.9 Å². The molecule has 0 radical (unpaired) electrons. The minimum Gasteiger partial charge on any atom is -0.457 e. The Morgan fingerprint density at radius 3 is 2.47 bits per heavy atom. The first-order valence-electron chi connectivity index (χ1n) is 5.50. The predicted octanol–water partition coefficient (Wildman–Crippen LogP) is 4.44. The Hall–Kier alpha value is -1.53. The van der Waals surface area contributed by atoms with Gasteiger partial charge in [0, 0.05) is 4.47 Å². The zero-order valence-corrected chi connectivity index (χ0v) is 12.8. The molecule has 0 unspecified atom stereocenters. The summed E-state index contributed by atoms with van der Waals surface area (Å²) in [6.45, 7) is 0. The summed E-state index contributed by atoms with van der Waals surface area (Å²) < 4.78 is 6.92. The number of hydrogen-bond donors (Lipinski definition) is 2. The Labute approximate surface area is 126 Å². The van der Waals surface area contributed by atoms with Crippen molar-refractivity contribution >= 4 is 37.7 Å². The molecule has 0 aliphatic rings. The van der Waals surface area contributed by atoms with Crippen molar-refractivity contribution in [3.8, 4) is 22.4 Å². The van der Waals surface area contributed by atoms with Crippen molar-refractivity contribution in [1.82, 2.24) is 10.2 Å². The number of aromatic nitrogens is 2. The summed E-state index contributed by atoms with van der Waals surface area (Å²) in [4.78, 5) is 0. The first kappa shape index (κ1) is 12.5. The molecule has 0 bridgehead atoms. The Kier molecular flexibility index (Phi) is 3.20. The van der Waals surface area contributed by atoms with Crippen LogP contribution in [0.15, 0.2) is 50.2 Å². The first-order valence-corrected chi connectivity index (χ1v) is 7.08. The highest BCUT2D eigenvalue weighted by Gasteiger charge is 2.17. The number of halogens is 2. The van der Waals surface area contributed by atoms with Crippen LogP contribution in [0.1, 0.15) is 0 Å². The smallest absolute Gasteiger partial charge is 0.178 e. The molecule has 3 aromatic rings. The number of nitrogen functional groups attached to an aromatic ring is 1. The van der Waals surface area contributed by atoms with E-state index < -0.39 is 0 Å². The number of furan rings is 1. The average molecular weight is 383 g/mol. The first-order chi connectivity index (χ1) is 9.16. The summed E-state index contributed by atoms with van der Waals surface area (Å²) in [5.41, 5.74) is 9.56. The van der Waals surface area contributed by atoms with E-state index in [1.807, 2.05) is 30.3 Å².